The number of thiazole rings is 1. The van der Waals surface area contributed by atoms with Gasteiger partial charge in [0.1, 0.15) is 10.7 Å². The summed E-state index contributed by atoms with van der Waals surface area (Å²) in [6, 6.07) is 0.131. The molecule has 1 amide bonds. The van der Waals surface area contributed by atoms with Gasteiger partial charge in [0.2, 0.25) is 0 Å². The molecule has 1 atom stereocenters. The van der Waals surface area contributed by atoms with Gasteiger partial charge < -0.3 is 20.9 Å². The highest BCUT2D eigenvalue weighted by Gasteiger charge is 2.25. The maximum Gasteiger partial charge on any atom is 0.268 e. The molecular weight excluding hydrogens is 274 g/mol. The van der Waals surface area contributed by atoms with E-state index in [1.165, 1.54) is 11.3 Å². The lowest BCUT2D eigenvalue weighted by Crippen LogP contribution is -2.43. The van der Waals surface area contributed by atoms with Gasteiger partial charge in [-0.3, -0.25) is 4.79 Å². The molecule has 0 radical (unpaired) electrons. The van der Waals surface area contributed by atoms with Gasteiger partial charge in [-0.05, 0) is 34.9 Å². The molecule has 0 spiro atoms. The zero-order valence-electron chi connectivity index (χ0n) is 12.9. The number of carbonyl (C=O) groups excluding carboxylic acids is 1. The molecular formula is C13H25N5OS. The summed E-state index contributed by atoms with van der Waals surface area (Å²) in [5, 5.41) is 3.79. The number of nitrogens with zero attached hydrogens (tertiary/aromatic N) is 3. The predicted molar refractivity (Wildman–Crippen MR) is 85.4 cm³/mol. The molecule has 3 N–H and O–H groups in total. The number of anilines is 2. The summed E-state index contributed by atoms with van der Waals surface area (Å²) in [5.74, 6) is 0.271. The number of amides is 1. The van der Waals surface area contributed by atoms with Crippen molar-refractivity contribution in [2.75, 3.05) is 44.8 Å². The lowest BCUT2D eigenvalue weighted by molar-refractivity contribution is 0.0685. The van der Waals surface area contributed by atoms with Gasteiger partial charge in [-0.1, -0.05) is 11.3 Å². The Morgan fingerprint density at radius 2 is 2.10 bits per heavy atom. The van der Waals surface area contributed by atoms with E-state index >= 15 is 0 Å². The summed E-state index contributed by atoms with van der Waals surface area (Å²) in [4.78, 5) is 21.2. The molecule has 1 aromatic heterocycles. The Balaban J connectivity index is 2.90. The average molecular weight is 299 g/mol. The van der Waals surface area contributed by atoms with Gasteiger partial charge in [-0.25, -0.2) is 4.98 Å². The molecule has 0 aromatic carbocycles. The van der Waals surface area contributed by atoms with Crippen LogP contribution in [0.15, 0.2) is 0 Å². The third-order valence-corrected chi connectivity index (χ3v) is 3.96. The SMILES string of the molecule is CCNc1nc(N)c(C(=O)N(CC)C(C)CN(C)C)s1. The van der Waals surface area contributed by atoms with Crippen LogP contribution in [0, 0.1) is 0 Å². The van der Waals surface area contributed by atoms with Crippen LogP contribution in [-0.4, -0.2) is 60.5 Å². The van der Waals surface area contributed by atoms with Crippen LogP contribution < -0.4 is 11.1 Å². The van der Waals surface area contributed by atoms with E-state index in [0.29, 0.717) is 22.4 Å². The minimum atomic E-state index is -0.0407. The summed E-state index contributed by atoms with van der Waals surface area (Å²) in [6.45, 7) is 8.24. The number of nitrogen functional groups attached to an aromatic ring is 1. The fourth-order valence-electron chi connectivity index (χ4n) is 2.12. The van der Waals surface area contributed by atoms with Crippen LogP contribution >= 0.6 is 11.3 Å². The van der Waals surface area contributed by atoms with Crippen LogP contribution in [0.4, 0.5) is 10.9 Å². The lowest BCUT2D eigenvalue weighted by Gasteiger charge is -2.29. The maximum absolute atomic E-state index is 12.6. The summed E-state index contributed by atoms with van der Waals surface area (Å²) < 4.78 is 0. The maximum atomic E-state index is 12.6. The Morgan fingerprint density at radius 3 is 2.60 bits per heavy atom. The van der Waals surface area contributed by atoms with Crippen LogP contribution in [0.5, 0.6) is 0 Å². The number of hydrogen-bond donors (Lipinski definition) is 2. The Labute approximate surface area is 125 Å². The average Bonchev–Trinajstić information content (AvgIpc) is 2.70. The van der Waals surface area contributed by atoms with Crippen molar-refractivity contribution in [3.05, 3.63) is 4.88 Å². The highest BCUT2D eigenvalue weighted by Crippen LogP contribution is 2.26. The first-order valence-electron chi connectivity index (χ1n) is 6.86. The smallest absolute Gasteiger partial charge is 0.268 e. The van der Waals surface area contributed by atoms with Crippen molar-refractivity contribution in [3.8, 4) is 0 Å². The van der Waals surface area contributed by atoms with Crippen molar-refractivity contribution in [2.45, 2.75) is 26.8 Å². The van der Waals surface area contributed by atoms with Gasteiger partial charge in [-0.2, -0.15) is 0 Å². The van der Waals surface area contributed by atoms with Crippen molar-refractivity contribution < 1.29 is 4.79 Å². The third kappa shape index (κ3) is 4.08. The van der Waals surface area contributed by atoms with E-state index in [1.54, 1.807) is 0 Å². The van der Waals surface area contributed by atoms with Crippen molar-refractivity contribution in [3.63, 3.8) is 0 Å². The molecule has 20 heavy (non-hydrogen) atoms. The van der Waals surface area contributed by atoms with E-state index < -0.39 is 0 Å². The molecule has 0 aliphatic rings. The van der Waals surface area contributed by atoms with Crippen molar-refractivity contribution in [2.24, 2.45) is 0 Å². The molecule has 1 aromatic rings. The Morgan fingerprint density at radius 1 is 1.45 bits per heavy atom. The van der Waals surface area contributed by atoms with Gasteiger partial charge in [0.25, 0.3) is 5.91 Å². The standard InChI is InChI=1S/C13H25N5OS/c1-6-15-13-16-11(14)10(20-13)12(19)18(7-2)9(3)8-17(4)5/h9H,6-8,14H2,1-5H3,(H,15,16). The van der Waals surface area contributed by atoms with Crippen LogP contribution in [0.2, 0.25) is 0 Å². The molecule has 0 saturated carbocycles. The second-order valence-electron chi connectivity index (χ2n) is 4.97. The van der Waals surface area contributed by atoms with Crippen molar-refractivity contribution >= 4 is 28.2 Å². The summed E-state index contributed by atoms with van der Waals surface area (Å²) in [5.41, 5.74) is 5.87. The molecule has 0 bridgehead atoms. The van der Waals surface area contributed by atoms with Crippen molar-refractivity contribution in [1.29, 1.82) is 0 Å². The predicted octanol–water partition coefficient (Wildman–Crippen LogP) is 1.57. The van der Waals surface area contributed by atoms with E-state index in [-0.39, 0.29) is 11.9 Å². The molecule has 7 heteroatoms. The monoisotopic (exact) mass is 299 g/mol. The van der Waals surface area contributed by atoms with Crippen LogP contribution in [0.1, 0.15) is 30.4 Å². The van der Waals surface area contributed by atoms with E-state index in [0.717, 1.165) is 13.1 Å². The normalized spacial score (nSPS) is 12.5. The van der Waals surface area contributed by atoms with Crippen LogP contribution in [0.25, 0.3) is 0 Å². The summed E-state index contributed by atoms with van der Waals surface area (Å²) in [7, 11) is 4.00. The first kappa shape index (κ1) is 16.7. The van der Waals surface area contributed by atoms with E-state index in [1.807, 2.05) is 39.8 Å². The first-order chi connectivity index (χ1) is 9.40. The van der Waals surface area contributed by atoms with Gasteiger partial charge in [0.15, 0.2) is 5.13 Å². The molecule has 1 rings (SSSR count). The Kier molecular flexibility index (Phi) is 6.22. The number of nitrogens with one attached hydrogen (secondary N) is 1. The Bertz CT molecular complexity index is 446. The summed E-state index contributed by atoms with van der Waals surface area (Å²) in [6.07, 6.45) is 0. The minimum Gasteiger partial charge on any atom is -0.382 e. The van der Waals surface area contributed by atoms with Crippen molar-refractivity contribution in [1.82, 2.24) is 14.8 Å². The zero-order chi connectivity index (χ0) is 15.3. The van der Waals surface area contributed by atoms with Gasteiger partial charge in [0.05, 0.1) is 0 Å². The summed E-state index contributed by atoms with van der Waals surface area (Å²) >= 11 is 1.32. The van der Waals surface area contributed by atoms with E-state index in [9.17, 15) is 4.79 Å². The first-order valence-corrected chi connectivity index (χ1v) is 7.68. The fraction of sp³-hybridized carbons (Fsp3) is 0.692. The molecule has 0 aliphatic carbocycles. The van der Waals surface area contributed by atoms with Crippen LogP contribution in [0.3, 0.4) is 0 Å². The highest BCUT2D eigenvalue weighted by atomic mass is 32.1. The lowest BCUT2D eigenvalue weighted by atomic mass is 10.2. The highest BCUT2D eigenvalue weighted by molar-refractivity contribution is 7.18. The van der Waals surface area contributed by atoms with Gasteiger partial charge in [-0.15, -0.1) is 0 Å². The van der Waals surface area contributed by atoms with Gasteiger partial charge in [0, 0.05) is 25.7 Å². The molecule has 114 valence electrons. The molecule has 0 saturated heterocycles. The number of carbonyl (C=O) groups is 1. The van der Waals surface area contributed by atoms with Crippen LogP contribution in [-0.2, 0) is 0 Å². The zero-order valence-corrected chi connectivity index (χ0v) is 13.8. The quantitative estimate of drug-likeness (QED) is 0.799. The number of rotatable bonds is 7. The van der Waals surface area contributed by atoms with Gasteiger partial charge >= 0.3 is 0 Å². The number of likely N-dealkylation sites (N-methyl/N-ethyl adjacent to an activating group) is 2. The second-order valence-corrected chi connectivity index (χ2v) is 5.97. The van der Waals surface area contributed by atoms with E-state index in [2.05, 4.69) is 15.2 Å². The third-order valence-electron chi connectivity index (χ3n) is 2.94. The largest absolute Gasteiger partial charge is 0.382 e. The molecule has 1 heterocycles. The fourth-order valence-corrected chi connectivity index (χ4v) is 3.03. The molecule has 0 aliphatic heterocycles. The number of nitrogens with two attached hydrogens (primary N) is 1. The topological polar surface area (TPSA) is 74.5 Å². The number of hydrogen-bond acceptors (Lipinski definition) is 6. The Hall–Kier alpha value is -1.34. The molecule has 6 nitrogen and oxygen atoms in total. The molecule has 0 fully saturated rings. The second kappa shape index (κ2) is 7.44. The molecule has 1 unspecified atom stereocenters. The number of aromatic nitrogens is 1. The van der Waals surface area contributed by atoms with E-state index in [4.69, 9.17) is 5.73 Å². The minimum absolute atomic E-state index is 0.0407.